The molecule has 0 aliphatic heterocycles. The van der Waals surface area contributed by atoms with Crippen molar-refractivity contribution in [3.05, 3.63) is 41.0 Å². The molecule has 0 saturated carbocycles. The van der Waals surface area contributed by atoms with Gasteiger partial charge in [0.1, 0.15) is 0 Å². The van der Waals surface area contributed by atoms with E-state index in [0.29, 0.717) is 39.3 Å². The van der Waals surface area contributed by atoms with Crippen molar-refractivity contribution >= 4 is 24.4 Å². The van der Waals surface area contributed by atoms with E-state index < -0.39 is 18.3 Å². The summed E-state index contributed by atoms with van der Waals surface area (Å²) < 4.78 is 0.721. The fourth-order valence-electron chi connectivity index (χ4n) is 2.96. The molecule has 10 heteroatoms. The summed E-state index contributed by atoms with van der Waals surface area (Å²) in [6.45, 7) is 16.6. The van der Waals surface area contributed by atoms with Gasteiger partial charge < -0.3 is 30.0 Å². The van der Waals surface area contributed by atoms with Crippen LogP contribution in [-0.4, -0.2) is 87.6 Å². The molecule has 0 spiro atoms. The quantitative estimate of drug-likeness (QED) is 0.402. The molecule has 2 rings (SSSR count). The Kier molecular flexibility index (Phi) is 19.8. The fourth-order valence-corrected chi connectivity index (χ4v) is 3.81. The van der Waals surface area contributed by atoms with Gasteiger partial charge in [-0.2, -0.15) is 0 Å². The smallest absolute Gasteiger partial charge is 0.407 e. The Morgan fingerprint density at radius 3 is 1.26 bits per heavy atom. The number of carboxylic acid groups (broad SMARTS) is 3. The van der Waals surface area contributed by atoms with E-state index in [1.165, 1.54) is 31.4 Å². The Labute approximate surface area is 225 Å². The minimum atomic E-state index is -0.838. The summed E-state index contributed by atoms with van der Waals surface area (Å²) in [7, 11) is 0. The molecule has 0 bridgehead atoms. The first-order valence-electron chi connectivity index (χ1n) is 11.9. The van der Waals surface area contributed by atoms with Gasteiger partial charge in [0.05, 0.1) is 0 Å². The number of hydrogen-bond donors (Lipinski definition) is 3. The monoisotopic (exact) mass is 570 g/mol. The second-order valence-electron chi connectivity index (χ2n) is 7.31. The maximum absolute atomic E-state index is 10.1. The Morgan fingerprint density at radius 2 is 1.03 bits per heavy atom. The third-order valence-electron chi connectivity index (χ3n) is 5.25. The largest absolute Gasteiger partial charge is 0.465 e. The number of carbonyl (C=O) groups is 3. The maximum atomic E-state index is 10.1. The van der Waals surface area contributed by atoms with Crippen LogP contribution >= 0.6 is 0 Å². The van der Waals surface area contributed by atoms with Crippen LogP contribution in [0, 0.1) is 0 Å². The predicted molar refractivity (Wildman–Crippen MR) is 136 cm³/mol. The number of nitrogens with zero attached hydrogens (tertiary/aromatic N) is 3. The van der Waals surface area contributed by atoms with Crippen molar-refractivity contribution in [1.29, 1.82) is 0 Å². The van der Waals surface area contributed by atoms with E-state index in [2.05, 4.69) is 37.3 Å². The Balaban J connectivity index is 0. The molecule has 0 fully saturated rings. The van der Waals surface area contributed by atoms with E-state index >= 15 is 0 Å². The van der Waals surface area contributed by atoms with Crippen molar-refractivity contribution < 1.29 is 54.4 Å². The number of fused-ring (bicyclic) bond motifs is 1. The number of rotatable bonds is 6. The summed E-state index contributed by atoms with van der Waals surface area (Å²) in [4.78, 5) is 34.3. The molecule has 0 heterocycles. The Morgan fingerprint density at radius 1 is 0.714 bits per heavy atom. The van der Waals surface area contributed by atoms with Gasteiger partial charge in [0, 0.05) is 39.3 Å². The molecule has 0 saturated heterocycles. The molecule has 1 unspecified atom stereocenters. The van der Waals surface area contributed by atoms with Gasteiger partial charge >= 0.3 is 101 Å². The molecule has 9 nitrogen and oxygen atoms in total. The summed E-state index contributed by atoms with van der Waals surface area (Å²) in [5.41, 5.74) is 4.46. The third-order valence-corrected chi connectivity index (χ3v) is 7.13. The van der Waals surface area contributed by atoms with Gasteiger partial charge in [0.15, 0.2) is 0 Å². The number of amides is 3. The zero-order chi connectivity index (χ0) is 27.6. The van der Waals surface area contributed by atoms with Crippen LogP contribution in [-0.2, 0) is 24.7 Å². The van der Waals surface area contributed by atoms with E-state index in [4.69, 9.17) is 15.3 Å². The van der Waals surface area contributed by atoms with Crippen LogP contribution < -0.4 is 0 Å². The minimum absolute atomic E-state index is 0.575. The number of hydrogen-bond acceptors (Lipinski definition) is 3. The summed E-state index contributed by atoms with van der Waals surface area (Å²) in [6, 6.07) is 8.67. The molecular weight excluding hydrogens is 530 g/mol. The maximum Gasteiger partial charge on any atom is 0.407 e. The van der Waals surface area contributed by atoms with Crippen molar-refractivity contribution in [2.75, 3.05) is 39.3 Å². The zero-order valence-electron chi connectivity index (χ0n) is 22.1. The summed E-state index contributed by atoms with van der Waals surface area (Å²) in [5, 5.41) is 24.9. The summed E-state index contributed by atoms with van der Waals surface area (Å²) >= 11 is 1.60. The molecule has 1 aromatic carbocycles. The molecule has 1 aliphatic rings. The van der Waals surface area contributed by atoms with Crippen LogP contribution in [0.2, 0.25) is 0 Å². The van der Waals surface area contributed by atoms with Gasteiger partial charge in [-0.3, -0.25) is 0 Å². The minimum Gasteiger partial charge on any atom is -0.465 e. The molecule has 0 aromatic heterocycles. The molecule has 3 amide bonds. The Bertz CT molecular complexity index is 739. The van der Waals surface area contributed by atoms with E-state index in [9.17, 15) is 14.4 Å². The van der Waals surface area contributed by atoms with Crippen LogP contribution in [0.15, 0.2) is 29.8 Å². The second-order valence-corrected chi connectivity index (χ2v) is 8.73. The van der Waals surface area contributed by atoms with Crippen molar-refractivity contribution in [3.63, 3.8) is 0 Å². The van der Waals surface area contributed by atoms with E-state index in [1.54, 1.807) is 24.7 Å². The normalized spacial score (nSPS) is 12.6. The van der Waals surface area contributed by atoms with Crippen LogP contribution in [0.5, 0.6) is 0 Å². The van der Waals surface area contributed by atoms with Gasteiger partial charge in [0.2, 0.25) is 0 Å². The molecule has 197 valence electrons. The van der Waals surface area contributed by atoms with Crippen molar-refractivity contribution in [2.45, 2.75) is 52.1 Å². The molecule has 1 aromatic rings. The first-order valence-corrected chi connectivity index (χ1v) is 13.3. The van der Waals surface area contributed by atoms with E-state index in [0.717, 1.165) is 3.63 Å². The standard InChI is InChI=1S/C10H9.3C5H11NO2.Zr/c1-8-6-9-4-2-3-5-10(9)7-8;3*1-3-6(4-2)5(7)8;/h2-7H,1H3;3*3-4H2,1-2H3,(H,7,8);. The SMILES string of the molecule is CC1=Cc2ccccc2[CH]1[Zr].CCN(CC)C(=O)O.CCN(CC)C(=O)O.CCN(CC)C(=O)O. The van der Waals surface area contributed by atoms with E-state index in [1.807, 2.05) is 41.5 Å². The van der Waals surface area contributed by atoms with Crippen LogP contribution in [0.1, 0.15) is 63.2 Å². The van der Waals surface area contributed by atoms with Gasteiger partial charge in [0.25, 0.3) is 0 Å². The van der Waals surface area contributed by atoms with Gasteiger partial charge in [-0.15, -0.1) is 0 Å². The topological polar surface area (TPSA) is 122 Å². The van der Waals surface area contributed by atoms with Gasteiger partial charge in [-0.25, -0.2) is 14.4 Å². The molecule has 1 aliphatic carbocycles. The first kappa shape index (κ1) is 34.8. The molecule has 3 N–H and O–H groups in total. The van der Waals surface area contributed by atoms with Crippen LogP contribution in [0.4, 0.5) is 14.4 Å². The van der Waals surface area contributed by atoms with Crippen molar-refractivity contribution in [3.8, 4) is 0 Å². The van der Waals surface area contributed by atoms with E-state index in [-0.39, 0.29) is 0 Å². The third kappa shape index (κ3) is 14.0. The van der Waals surface area contributed by atoms with Crippen molar-refractivity contribution in [1.82, 2.24) is 14.7 Å². The van der Waals surface area contributed by atoms with Crippen LogP contribution in [0.3, 0.4) is 0 Å². The average Bonchev–Trinajstić information content (AvgIpc) is 3.10. The average molecular weight is 572 g/mol. The molecule has 1 atom stereocenters. The summed E-state index contributed by atoms with van der Waals surface area (Å²) in [6.07, 6.45) is -0.214. The zero-order valence-corrected chi connectivity index (χ0v) is 24.6. The van der Waals surface area contributed by atoms with Crippen LogP contribution in [0.25, 0.3) is 6.08 Å². The fraction of sp³-hybridized carbons (Fsp3) is 0.560. The number of allylic oxidation sites excluding steroid dienone is 1. The van der Waals surface area contributed by atoms with Crippen molar-refractivity contribution in [2.24, 2.45) is 0 Å². The Hall–Kier alpha value is -2.35. The second kappa shape index (κ2) is 19.9. The first-order chi connectivity index (χ1) is 16.4. The predicted octanol–water partition coefficient (Wildman–Crippen LogP) is 5.71. The van der Waals surface area contributed by atoms with Gasteiger partial charge in [-0.1, -0.05) is 0 Å². The summed E-state index contributed by atoms with van der Waals surface area (Å²) in [5.74, 6) is 0. The van der Waals surface area contributed by atoms with Gasteiger partial charge in [-0.05, 0) is 41.5 Å². The molecule has 0 radical (unpaired) electrons. The molecule has 35 heavy (non-hydrogen) atoms. The number of benzene rings is 1. The molecular formula is C25H42N3O6Zr.